The van der Waals surface area contributed by atoms with Crippen LogP contribution in [0.3, 0.4) is 0 Å². The third-order valence-corrected chi connectivity index (χ3v) is 3.66. The smallest absolute Gasteiger partial charge is 0.140 e. The van der Waals surface area contributed by atoms with E-state index in [0.29, 0.717) is 6.04 Å². The molecule has 0 N–H and O–H groups in total. The molecule has 1 aliphatic heterocycles. The number of aryl methyl sites for hydroxylation is 1. The molecule has 1 unspecified atom stereocenters. The second kappa shape index (κ2) is 4.06. The molecule has 1 aromatic carbocycles. The summed E-state index contributed by atoms with van der Waals surface area (Å²) in [7, 11) is 5.89. The molecule has 0 spiro atoms. The summed E-state index contributed by atoms with van der Waals surface area (Å²) in [5.74, 6) is 1.07. The van der Waals surface area contributed by atoms with Gasteiger partial charge in [-0.3, -0.25) is 0 Å². The van der Waals surface area contributed by atoms with Gasteiger partial charge < -0.3 is 4.57 Å². The Morgan fingerprint density at radius 3 is 3.18 bits per heavy atom. The quantitative estimate of drug-likeness (QED) is 0.676. The van der Waals surface area contributed by atoms with Crippen molar-refractivity contribution in [3.63, 3.8) is 0 Å². The lowest BCUT2D eigenvalue weighted by Crippen LogP contribution is -2.07. The van der Waals surface area contributed by atoms with Gasteiger partial charge in [0.25, 0.3) is 0 Å². The van der Waals surface area contributed by atoms with Crippen LogP contribution in [0.25, 0.3) is 11.4 Å². The first-order valence-electron chi connectivity index (χ1n) is 6.21. The number of nitrogens with zero attached hydrogens (tertiary/aromatic N) is 2. The molecule has 0 amide bonds. The van der Waals surface area contributed by atoms with Crippen LogP contribution in [0.4, 0.5) is 0 Å². The molecule has 0 fully saturated rings. The average molecular weight is 222 g/mol. The lowest BCUT2D eigenvalue weighted by atomic mass is 9.90. The van der Waals surface area contributed by atoms with E-state index in [9.17, 15) is 0 Å². The van der Waals surface area contributed by atoms with Crippen molar-refractivity contribution in [3.8, 4) is 11.4 Å². The Labute approximate surface area is 103 Å². The minimum absolute atomic E-state index is 0.557. The van der Waals surface area contributed by atoms with Gasteiger partial charge in [0.2, 0.25) is 0 Å². The number of benzene rings is 1. The Morgan fingerprint density at radius 1 is 1.47 bits per heavy atom. The Bertz CT molecular complexity index is 545. The van der Waals surface area contributed by atoms with Crippen molar-refractivity contribution in [2.45, 2.75) is 32.2 Å². The van der Waals surface area contributed by atoms with Crippen LogP contribution in [0.5, 0.6) is 0 Å². The van der Waals surface area contributed by atoms with Crippen molar-refractivity contribution in [3.05, 3.63) is 36.2 Å². The second-order valence-corrected chi connectivity index (χ2v) is 4.68. The Hall–Kier alpha value is -1.51. The summed E-state index contributed by atoms with van der Waals surface area (Å²) >= 11 is 0. The summed E-state index contributed by atoms with van der Waals surface area (Å²) < 4.78 is 2.30. The van der Waals surface area contributed by atoms with Gasteiger partial charge in [0.15, 0.2) is 0 Å². The van der Waals surface area contributed by atoms with Crippen molar-refractivity contribution in [1.82, 2.24) is 9.55 Å². The molecule has 0 bridgehead atoms. The highest BCUT2D eigenvalue weighted by molar-refractivity contribution is 6.32. The van der Waals surface area contributed by atoms with E-state index in [-0.39, 0.29) is 0 Å². The second-order valence-electron chi connectivity index (χ2n) is 4.68. The number of imidazole rings is 1. The standard InChI is InChI=1S/C14H15BN2/c1-2-12-6-4-10-3-5-11(15)9-13(10)14-16-7-8-17(12)14/h3,5,7-9,12H,2,4,6H2,1H3. The molecule has 1 aromatic heterocycles. The zero-order valence-corrected chi connectivity index (χ0v) is 10.1. The van der Waals surface area contributed by atoms with Crippen molar-refractivity contribution in [1.29, 1.82) is 0 Å². The summed E-state index contributed by atoms with van der Waals surface area (Å²) in [4.78, 5) is 4.50. The first-order valence-corrected chi connectivity index (χ1v) is 6.21. The first kappa shape index (κ1) is 10.6. The van der Waals surface area contributed by atoms with Gasteiger partial charge in [-0.25, -0.2) is 4.98 Å². The molecule has 2 nitrogen and oxygen atoms in total. The van der Waals surface area contributed by atoms with Gasteiger partial charge >= 0.3 is 0 Å². The molecule has 3 rings (SSSR count). The van der Waals surface area contributed by atoms with E-state index < -0.39 is 0 Å². The number of hydrogen-bond donors (Lipinski definition) is 0. The molecule has 0 saturated carbocycles. The molecule has 17 heavy (non-hydrogen) atoms. The Morgan fingerprint density at radius 2 is 2.35 bits per heavy atom. The molecule has 2 radical (unpaired) electrons. The van der Waals surface area contributed by atoms with Gasteiger partial charge in [-0.15, -0.1) is 0 Å². The fourth-order valence-electron chi connectivity index (χ4n) is 2.70. The molecule has 2 heterocycles. The first-order chi connectivity index (χ1) is 8.29. The van der Waals surface area contributed by atoms with Crippen LogP contribution in [0.1, 0.15) is 31.4 Å². The lowest BCUT2D eigenvalue weighted by Gasteiger charge is -2.15. The van der Waals surface area contributed by atoms with Crippen molar-refractivity contribution < 1.29 is 0 Å². The molecular weight excluding hydrogens is 207 g/mol. The highest BCUT2D eigenvalue weighted by Gasteiger charge is 2.20. The predicted molar refractivity (Wildman–Crippen MR) is 70.7 cm³/mol. The van der Waals surface area contributed by atoms with Crippen LogP contribution in [-0.4, -0.2) is 17.4 Å². The van der Waals surface area contributed by atoms with Crippen LogP contribution in [-0.2, 0) is 6.42 Å². The summed E-state index contributed by atoms with van der Waals surface area (Å²) in [5.41, 5.74) is 3.38. The fraction of sp³-hybridized carbons (Fsp3) is 0.357. The monoisotopic (exact) mass is 222 g/mol. The van der Waals surface area contributed by atoms with Crippen LogP contribution in [0.2, 0.25) is 0 Å². The van der Waals surface area contributed by atoms with E-state index in [2.05, 4.69) is 28.7 Å². The maximum Gasteiger partial charge on any atom is 0.140 e. The van der Waals surface area contributed by atoms with Crippen molar-refractivity contribution >= 4 is 13.3 Å². The number of rotatable bonds is 1. The molecular formula is C14H15BN2. The maximum atomic E-state index is 5.89. The van der Waals surface area contributed by atoms with Gasteiger partial charge in [0, 0.05) is 24.0 Å². The lowest BCUT2D eigenvalue weighted by molar-refractivity contribution is 0.463. The Kier molecular flexibility index (Phi) is 2.54. The average Bonchev–Trinajstić information content (AvgIpc) is 2.75. The van der Waals surface area contributed by atoms with Gasteiger partial charge in [-0.05, 0) is 24.8 Å². The molecule has 1 atom stereocenters. The maximum absolute atomic E-state index is 5.89. The molecule has 2 aromatic rings. The fourth-order valence-corrected chi connectivity index (χ4v) is 2.70. The number of hydrogen-bond acceptors (Lipinski definition) is 1. The molecule has 0 aliphatic carbocycles. The van der Waals surface area contributed by atoms with Crippen molar-refractivity contribution in [2.75, 3.05) is 0 Å². The summed E-state index contributed by atoms with van der Waals surface area (Å²) in [6.45, 7) is 2.23. The van der Waals surface area contributed by atoms with Gasteiger partial charge in [-0.1, -0.05) is 30.6 Å². The summed E-state index contributed by atoms with van der Waals surface area (Å²) in [6.07, 6.45) is 7.40. The zero-order chi connectivity index (χ0) is 11.8. The Balaban J connectivity index is 2.21. The van der Waals surface area contributed by atoms with E-state index in [0.717, 1.165) is 24.1 Å². The largest absolute Gasteiger partial charge is 0.328 e. The van der Waals surface area contributed by atoms with Crippen LogP contribution >= 0.6 is 0 Å². The normalized spacial score (nSPS) is 18.3. The van der Waals surface area contributed by atoms with Crippen LogP contribution in [0.15, 0.2) is 30.6 Å². The molecule has 3 heteroatoms. The predicted octanol–water partition coefficient (Wildman–Crippen LogP) is 2.24. The van der Waals surface area contributed by atoms with Crippen LogP contribution in [0, 0.1) is 0 Å². The third kappa shape index (κ3) is 1.70. The van der Waals surface area contributed by atoms with Gasteiger partial charge in [0.05, 0.1) is 0 Å². The summed E-state index contributed by atoms with van der Waals surface area (Å²) in [6, 6.07) is 6.73. The van der Waals surface area contributed by atoms with E-state index >= 15 is 0 Å². The summed E-state index contributed by atoms with van der Waals surface area (Å²) in [5, 5.41) is 0. The highest BCUT2D eigenvalue weighted by Crippen LogP contribution is 2.32. The number of fused-ring (bicyclic) bond motifs is 3. The molecule has 84 valence electrons. The van der Waals surface area contributed by atoms with Crippen LogP contribution < -0.4 is 5.46 Å². The van der Waals surface area contributed by atoms with Gasteiger partial charge in [-0.2, -0.15) is 0 Å². The van der Waals surface area contributed by atoms with E-state index in [1.54, 1.807) is 0 Å². The minimum Gasteiger partial charge on any atom is -0.328 e. The van der Waals surface area contributed by atoms with Gasteiger partial charge in [0.1, 0.15) is 13.7 Å². The SMILES string of the molecule is [B]c1ccc2c(c1)-c1nccn1C(CC)CC2. The van der Waals surface area contributed by atoms with E-state index in [4.69, 9.17) is 7.85 Å². The zero-order valence-electron chi connectivity index (χ0n) is 10.1. The minimum atomic E-state index is 0.557. The topological polar surface area (TPSA) is 17.8 Å². The highest BCUT2D eigenvalue weighted by atomic mass is 15.1. The third-order valence-electron chi connectivity index (χ3n) is 3.66. The molecule has 1 aliphatic rings. The van der Waals surface area contributed by atoms with E-state index in [1.807, 2.05) is 18.3 Å². The number of aromatic nitrogens is 2. The van der Waals surface area contributed by atoms with Crippen molar-refractivity contribution in [2.24, 2.45) is 0 Å². The van der Waals surface area contributed by atoms with E-state index in [1.165, 1.54) is 17.5 Å². The molecule has 0 saturated heterocycles.